The van der Waals surface area contributed by atoms with Crippen molar-refractivity contribution in [2.24, 2.45) is 5.73 Å². The Kier molecular flexibility index (Phi) is 10.3. The van der Waals surface area contributed by atoms with Crippen molar-refractivity contribution >= 4 is 0 Å². The summed E-state index contributed by atoms with van der Waals surface area (Å²) in [5, 5.41) is 0. The summed E-state index contributed by atoms with van der Waals surface area (Å²) in [5.41, 5.74) is 6.27. The lowest BCUT2D eigenvalue weighted by atomic mass is 10.3. The second-order valence-electron chi connectivity index (χ2n) is 2.97. The van der Waals surface area contributed by atoms with Gasteiger partial charge in [-0.05, 0) is 12.0 Å². The molecule has 0 saturated carbocycles. The molecule has 0 amide bonds. The third kappa shape index (κ3) is 9.67. The minimum Gasteiger partial charge on any atom is -0.382 e. The molecule has 0 unspecified atom stereocenters. The van der Waals surface area contributed by atoms with Gasteiger partial charge in [0.25, 0.3) is 0 Å². The maximum Gasteiger partial charge on any atom is 0.0700 e. The predicted molar refractivity (Wildman–Crippen MR) is 56.3 cm³/mol. The van der Waals surface area contributed by atoms with Crippen molar-refractivity contribution in [3.05, 3.63) is 12.2 Å². The lowest BCUT2D eigenvalue weighted by Crippen LogP contribution is -2.10. The fraction of sp³-hybridized carbons (Fsp3) is 0.800. The van der Waals surface area contributed by atoms with E-state index in [2.05, 4.69) is 6.58 Å². The van der Waals surface area contributed by atoms with Crippen molar-refractivity contribution in [1.82, 2.24) is 0 Å². The topological polar surface area (TPSA) is 53.7 Å². The van der Waals surface area contributed by atoms with Crippen LogP contribution < -0.4 is 5.73 Å². The normalized spacial score (nSPS) is 10.4. The molecule has 0 rings (SSSR count). The van der Waals surface area contributed by atoms with Crippen LogP contribution in [-0.2, 0) is 14.2 Å². The molecule has 84 valence electrons. The fourth-order valence-corrected chi connectivity index (χ4v) is 0.783. The van der Waals surface area contributed by atoms with Gasteiger partial charge in [-0.1, -0.05) is 6.58 Å². The van der Waals surface area contributed by atoms with Gasteiger partial charge in [0.1, 0.15) is 0 Å². The maximum absolute atomic E-state index is 5.35. The predicted octanol–water partition coefficient (Wildman–Crippen LogP) is 0.571. The lowest BCUT2D eigenvalue weighted by molar-refractivity contribution is 0.0545. The number of nitrogens with two attached hydrogens (primary N) is 1. The Bertz CT molecular complexity index is 139. The summed E-state index contributed by atoms with van der Waals surface area (Å²) in [5.74, 6) is 0. The molecule has 0 bridgehead atoms. The summed E-state index contributed by atoms with van der Waals surface area (Å²) >= 11 is 0. The van der Waals surface area contributed by atoms with E-state index in [1.807, 2.05) is 0 Å². The summed E-state index contributed by atoms with van der Waals surface area (Å²) < 4.78 is 15.4. The molecule has 0 aliphatic rings. The van der Waals surface area contributed by atoms with E-state index < -0.39 is 0 Å². The lowest BCUT2D eigenvalue weighted by Gasteiger charge is -2.05. The SMILES string of the molecule is C=C(CN)COCCCOCCOC. The Morgan fingerprint density at radius 2 is 1.86 bits per heavy atom. The second kappa shape index (κ2) is 10.7. The summed E-state index contributed by atoms with van der Waals surface area (Å²) in [6.07, 6.45) is 0.890. The zero-order valence-electron chi connectivity index (χ0n) is 8.96. The van der Waals surface area contributed by atoms with Gasteiger partial charge in [0, 0.05) is 26.9 Å². The highest BCUT2D eigenvalue weighted by Gasteiger charge is 1.92. The highest BCUT2D eigenvalue weighted by atomic mass is 16.5. The molecule has 0 aliphatic heterocycles. The van der Waals surface area contributed by atoms with Gasteiger partial charge < -0.3 is 19.9 Å². The Morgan fingerprint density at radius 3 is 2.50 bits per heavy atom. The van der Waals surface area contributed by atoms with Gasteiger partial charge in [-0.2, -0.15) is 0 Å². The molecule has 4 heteroatoms. The van der Waals surface area contributed by atoms with Crippen molar-refractivity contribution in [3.8, 4) is 0 Å². The zero-order chi connectivity index (χ0) is 10.6. The molecule has 0 aliphatic carbocycles. The molecule has 0 spiro atoms. The smallest absolute Gasteiger partial charge is 0.0700 e. The fourth-order valence-electron chi connectivity index (χ4n) is 0.783. The molecule has 0 fully saturated rings. The minimum absolute atomic E-state index is 0.490. The summed E-state index contributed by atoms with van der Waals surface area (Å²) in [7, 11) is 1.66. The molecular formula is C10H21NO3. The Morgan fingerprint density at radius 1 is 1.14 bits per heavy atom. The number of rotatable bonds is 10. The quantitative estimate of drug-likeness (QED) is 0.416. The number of hydrogen-bond donors (Lipinski definition) is 1. The molecule has 0 aromatic rings. The summed E-state index contributed by atoms with van der Waals surface area (Å²) in [4.78, 5) is 0. The number of ether oxygens (including phenoxy) is 3. The van der Waals surface area contributed by atoms with Crippen LogP contribution in [0.25, 0.3) is 0 Å². The first-order valence-electron chi connectivity index (χ1n) is 4.82. The standard InChI is InChI=1S/C10H21NO3/c1-10(8-11)9-14-5-3-4-13-7-6-12-2/h1,3-9,11H2,2H3. The van der Waals surface area contributed by atoms with Gasteiger partial charge in [0.2, 0.25) is 0 Å². The summed E-state index contributed by atoms with van der Waals surface area (Å²) in [6.45, 7) is 7.46. The Labute approximate surface area is 86.0 Å². The van der Waals surface area contributed by atoms with Crippen LogP contribution in [0.15, 0.2) is 12.2 Å². The molecule has 2 N–H and O–H groups in total. The Hall–Kier alpha value is -0.420. The van der Waals surface area contributed by atoms with Gasteiger partial charge in [0.05, 0.1) is 19.8 Å². The van der Waals surface area contributed by atoms with Crippen molar-refractivity contribution in [3.63, 3.8) is 0 Å². The molecule has 0 saturated heterocycles. The van der Waals surface area contributed by atoms with Gasteiger partial charge >= 0.3 is 0 Å². The minimum atomic E-state index is 0.490. The highest BCUT2D eigenvalue weighted by molar-refractivity contribution is 4.95. The second-order valence-corrected chi connectivity index (χ2v) is 2.97. The van der Waals surface area contributed by atoms with E-state index in [1.165, 1.54) is 0 Å². The number of hydrogen-bond acceptors (Lipinski definition) is 4. The zero-order valence-corrected chi connectivity index (χ0v) is 8.96. The molecule has 0 radical (unpaired) electrons. The molecule has 0 aromatic carbocycles. The molecule has 4 nitrogen and oxygen atoms in total. The first-order valence-corrected chi connectivity index (χ1v) is 4.82. The van der Waals surface area contributed by atoms with Crippen LogP contribution in [0.2, 0.25) is 0 Å². The molecular weight excluding hydrogens is 182 g/mol. The largest absolute Gasteiger partial charge is 0.382 e. The van der Waals surface area contributed by atoms with Gasteiger partial charge in [-0.3, -0.25) is 0 Å². The van der Waals surface area contributed by atoms with Gasteiger partial charge in [0.15, 0.2) is 0 Å². The average Bonchev–Trinajstić information content (AvgIpc) is 2.21. The van der Waals surface area contributed by atoms with E-state index in [1.54, 1.807) is 7.11 Å². The van der Waals surface area contributed by atoms with Crippen LogP contribution in [0.3, 0.4) is 0 Å². The van der Waals surface area contributed by atoms with Crippen molar-refractivity contribution in [1.29, 1.82) is 0 Å². The van der Waals surface area contributed by atoms with Crippen LogP contribution in [-0.4, -0.2) is 46.7 Å². The Balaban J connectivity index is 2.95. The monoisotopic (exact) mass is 203 g/mol. The first-order chi connectivity index (χ1) is 6.81. The highest BCUT2D eigenvalue weighted by Crippen LogP contribution is 1.90. The van der Waals surface area contributed by atoms with E-state index in [4.69, 9.17) is 19.9 Å². The first kappa shape index (κ1) is 13.6. The summed E-state index contributed by atoms with van der Waals surface area (Å²) in [6, 6.07) is 0. The van der Waals surface area contributed by atoms with E-state index >= 15 is 0 Å². The average molecular weight is 203 g/mol. The molecule has 0 aromatic heterocycles. The van der Waals surface area contributed by atoms with Crippen LogP contribution >= 0.6 is 0 Å². The van der Waals surface area contributed by atoms with Crippen LogP contribution in [0.1, 0.15) is 6.42 Å². The van der Waals surface area contributed by atoms with Crippen LogP contribution in [0.5, 0.6) is 0 Å². The third-order valence-corrected chi connectivity index (χ3v) is 1.60. The van der Waals surface area contributed by atoms with E-state index in [9.17, 15) is 0 Å². The van der Waals surface area contributed by atoms with E-state index in [0.717, 1.165) is 12.0 Å². The maximum atomic E-state index is 5.35. The van der Waals surface area contributed by atoms with E-state index in [-0.39, 0.29) is 0 Å². The number of methoxy groups -OCH3 is 1. The van der Waals surface area contributed by atoms with Crippen molar-refractivity contribution in [2.75, 3.05) is 46.7 Å². The van der Waals surface area contributed by atoms with Crippen molar-refractivity contribution < 1.29 is 14.2 Å². The van der Waals surface area contributed by atoms with Crippen molar-refractivity contribution in [2.45, 2.75) is 6.42 Å². The van der Waals surface area contributed by atoms with Gasteiger partial charge in [-0.15, -0.1) is 0 Å². The third-order valence-electron chi connectivity index (χ3n) is 1.60. The van der Waals surface area contributed by atoms with Crippen LogP contribution in [0.4, 0.5) is 0 Å². The van der Waals surface area contributed by atoms with E-state index in [0.29, 0.717) is 39.6 Å². The van der Waals surface area contributed by atoms with Gasteiger partial charge in [-0.25, -0.2) is 0 Å². The van der Waals surface area contributed by atoms with Crippen LogP contribution in [0, 0.1) is 0 Å². The molecule has 14 heavy (non-hydrogen) atoms. The molecule has 0 atom stereocenters. The molecule has 0 heterocycles.